The van der Waals surface area contributed by atoms with Crippen molar-refractivity contribution in [1.29, 1.82) is 0 Å². The molecule has 0 fully saturated rings. The van der Waals surface area contributed by atoms with Gasteiger partial charge in [0.1, 0.15) is 0 Å². The van der Waals surface area contributed by atoms with Crippen molar-refractivity contribution in [3.63, 3.8) is 0 Å². The van der Waals surface area contributed by atoms with E-state index in [0.717, 1.165) is 17.1 Å². The van der Waals surface area contributed by atoms with Gasteiger partial charge in [0.15, 0.2) is 5.78 Å². The minimum Gasteiger partial charge on any atom is -0.294 e. The summed E-state index contributed by atoms with van der Waals surface area (Å²) in [6.07, 6.45) is 2.55. The first-order valence-corrected chi connectivity index (χ1v) is 7.79. The zero-order valence-corrected chi connectivity index (χ0v) is 11.9. The Kier molecular flexibility index (Phi) is 7.13. The van der Waals surface area contributed by atoms with Crippen molar-refractivity contribution in [2.24, 2.45) is 0 Å². The van der Waals surface area contributed by atoms with E-state index in [0.29, 0.717) is 6.42 Å². The first-order chi connectivity index (χ1) is 8.27. The summed E-state index contributed by atoms with van der Waals surface area (Å²) < 4.78 is 1.26. The zero-order chi connectivity index (χ0) is 12.5. The van der Waals surface area contributed by atoms with Crippen LogP contribution in [0.1, 0.15) is 30.6 Å². The summed E-state index contributed by atoms with van der Waals surface area (Å²) in [6.45, 7) is 4.27. The van der Waals surface area contributed by atoms with Gasteiger partial charge in [-0.2, -0.15) is 0 Å². The van der Waals surface area contributed by atoms with E-state index in [9.17, 15) is 4.79 Å². The molecule has 1 aromatic carbocycles. The molecule has 0 bridgehead atoms. The smallest absolute Gasteiger partial charge is 0.166 e. The van der Waals surface area contributed by atoms with E-state index in [1.54, 1.807) is 0 Å². The van der Waals surface area contributed by atoms with Gasteiger partial charge in [-0.1, -0.05) is 50.3 Å². The molecule has 0 aliphatic heterocycles. The average Bonchev–Trinajstić information content (AvgIpc) is 2.37. The Hall–Kier alpha value is -0.670. The third-order valence-corrected chi connectivity index (χ3v) is 4.31. The van der Waals surface area contributed by atoms with Crippen molar-refractivity contribution in [3.05, 3.63) is 46.2 Å². The number of rotatable bonds is 7. The lowest BCUT2D eigenvalue weighted by molar-refractivity contribution is 0.0996. The molecule has 1 nitrogen and oxygen atoms in total. The topological polar surface area (TPSA) is 17.1 Å². The van der Waals surface area contributed by atoms with Crippen LogP contribution in [0, 0.1) is 0 Å². The van der Waals surface area contributed by atoms with Crippen LogP contribution in [0.25, 0.3) is 0 Å². The molecule has 1 aromatic rings. The maximum Gasteiger partial charge on any atom is 0.166 e. The summed E-state index contributed by atoms with van der Waals surface area (Å²) in [5.74, 6) is 2.30. The molecular weight excluding hydrogens is 248 g/mol. The lowest BCUT2D eigenvalue weighted by atomic mass is 10.1. The Bertz CT molecular complexity index is 363. The van der Waals surface area contributed by atoms with Crippen molar-refractivity contribution >= 4 is 29.3 Å². The van der Waals surface area contributed by atoms with Crippen LogP contribution < -0.4 is 0 Å². The molecule has 0 aliphatic rings. The lowest BCUT2D eigenvalue weighted by Gasteiger charge is -2.03. The highest BCUT2D eigenvalue weighted by Gasteiger charge is 2.04. The second-order valence-corrected chi connectivity index (χ2v) is 6.25. The quantitative estimate of drug-likeness (QED) is 0.671. The van der Waals surface area contributed by atoms with Crippen LogP contribution >= 0.6 is 23.5 Å². The Morgan fingerprint density at radius 3 is 2.24 bits per heavy atom. The molecule has 0 heterocycles. The third-order valence-electron chi connectivity index (χ3n) is 2.12. The molecule has 1 rings (SSSR count). The summed E-state index contributed by atoms with van der Waals surface area (Å²) >= 11 is 3.62. The molecule has 0 aliphatic carbocycles. The summed E-state index contributed by atoms with van der Waals surface area (Å²) in [7, 11) is 0. The molecule has 17 heavy (non-hydrogen) atoms. The van der Waals surface area contributed by atoms with Crippen molar-refractivity contribution in [1.82, 2.24) is 0 Å². The molecule has 0 radical (unpaired) electrons. The van der Waals surface area contributed by atoms with E-state index in [2.05, 4.69) is 19.9 Å². The standard InChI is InChI=1S/C14H18OS2/c1-3-16-14(17-4-2)11-10-13(15)12-8-6-5-7-9-12/h5-9,11H,3-4,10H2,1-2H3. The first kappa shape index (κ1) is 14.4. The molecule has 0 N–H and O–H groups in total. The van der Waals surface area contributed by atoms with Crippen molar-refractivity contribution in [2.45, 2.75) is 20.3 Å². The summed E-state index contributed by atoms with van der Waals surface area (Å²) in [6, 6.07) is 9.47. The highest BCUT2D eigenvalue weighted by Crippen LogP contribution is 2.28. The Balaban J connectivity index is 2.58. The van der Waals surface area contributed by atoms with Crippen molar-refractivity contribution < 1.29 is 4.79 Å². The predicted molar refractivity (Wildman–Crippen MR) is 79.7 cm³/mol. The highest BCUT2D eigenvalue weighted by atomic mass is 32.2. The molecule has 0 amide bonds. The number of hydrogen-bond donors (Lipinski definition) is 0. The second kappa shape index (κ2) is 8.43. The molecular formula is C14H18OS2. The van der Waals surface area contributed by atoms with E-state index in [1.165, 1.54) is 4.24 Å². The maximum absolute atomic E-state index is 11.9. The fraction of sp³-hybridized carbons (Fsp3) is 0.357. The van der Waals surface area contributed by atoms with Crippen LogP contribution in [-0.2, 0) is 0 Å². The van der Waals surface area contributed by atoms with E-state index < -0.39 is 0 Å². The van der Waals surface area contributed by atoms with Gasteiger partial charge >= 0.3 is 0 Å². The van der Waals surface area contributed by atoms with E-state index in [4.69, 9.17) is 0 Å². The number of carbonyl (C=O) groups is 1. The van der Waals surface area contributed by atoms with Gasteiger partial charge in [0.05, 0.1) is 0 Å². The molecule has 0 spiro atoms. The average molecular weight is 266 g/mol. The van der Waals surface area contributed by atoms with Gasteiger partial charge in [-0.3, -0.25) is 4.79 Å². The monoisotopic (exact) mass is 266 g/mol. The van der Waals surface area contributed by atoms with Gasteiger partial charge < -0.3 is 0 Å². The Morgan fingerprint density at radius 2 is 1.71 bits per heavy atom. The van der Waals surface area contributed by atoms with Crippen LogP contribution in [0.2, 0.25) is 0 Å². The Morgan fingerprint density at radius 1 is 1.12 bits per heavy atom. The molecule has 0 aromatic heterocycles. The Labute approximate surface area is 112 Å². The summed E-state index contributed by atoms with van der Waals surface area (Å²) in [5, 5.41) is 0. The lowest BCUT2D eigenvalue weighted by Crippen LogP contribution is -1.96. The van der Waals surface area contributed by atoms with Gasteiger partial charge in [-0.15, -0.1) is 23.5 Å². The fourth-order valence-electron chi connectivity index (χ4n) is 1.36. The molecule has 0 saturated carbocycles. The van der Waals surface area contributed by atoms with Gasteiger partial charge in [0, 0.05) is 16.2 Å². The fourth-order valence-corrected chi connectivity index (χ4v) is 3.37. The highest BCUT2D eigenvalue weighted by molar-refractivity contribution is 8.22. The number of allylic oxidation sites excluding steroid dienone is 1. The molecule has 3 heteroatoms. The summed E-state index contributed by atoms with van der Waals surface area (Å²) in [5.41, 5.74) is 0.797. The van der Waals surface area contributed by atoms with E-state index >= 15 is 0 Å². The van der Waals surface area contributed by atoms with Gasteiger partial charge in [0.25, 0.3) is 0 Å². The normalized spacial score (nSPS) is 10.0. The van der Waals surface area contributed by atoms with Crippen molar-refractivity contribution in [3.8, 4) is 0 Å². The molecule has 0 unspecified atom stereocenters. The second-order valence-electron chi connectivity index (χ2n) is 3.38. The number of Topliss-reactive ketones (excluding diaryl/α,β-unsaturated/α-hetero) is 1. The number of carbonyl (C=O) groups excluding carboxylic acids is 1. The van der Waals surface area contributed by atoms with Gasteiger partial charge in [0.2, 0.25) is 0 Å². The molecule has 92 valence electrons. The number of benzene rings is 1. The maximum atomic E-state index is 11.9. The van der Waals surface area contributed by atoms with E-state index in [-0.39, 0.29) is 5.78 Å². The number of hydrogen-bond acceptors (Lipinski definition) is 3. The molecule has 0 saturated heterocycles. The van der Waals surface area contributed by atoms with Crippen LogP contribution in [-0.4, -0.2) is 17.3 Å². The largest absolute Gasteiger partial charge is 0.294 e. The first-order valence-electron chi connectivity index (χ1n) is 5.82. The SMILES string of the molecule is CCSC(=CCC(=O)c1ccccc1)SCC. The van der Waals surface area contributed by atoms with Gasteiger partial charge in [-0.25, -0.2) is 0 Å². The van der Waals surface area contributed by atoms with Gasteiger partial charge in [-0.05, 0) is 11.5 Å². The minimum absolute atomic E-state index is 0.191. The summed E-state index contributed by atoms with van der Waals surface area (Å²) in [4.78, 5) is 11.9. The van der Waals surface area contributed by atoms with Crippen LogP contribution in [0.5, 0.6) is 0 Å². The molecule has 0 atom stereocenters. The van der Waals surface area contributed by atoms with Crippen LogP contribution in [0.4, 0.5) is 0 Å². The predicted octanol–water partition coefficient (Wildman–Crippen LogP) is 4.61. The van der Waals surface area contributed by atoms with Crippen LogP contribution in [0.15, 0.2) is 40.6 Å². The minimum atomic E-state index is 0.191. The van der Waals surface area contributed by atoms with E-state index in [1.807, 2.05) is 53.9 Å². The number of ketones is 1. The number of thioether (sulfide) groups is 2. The third kappa shape index (κ3) is 5.46. The zero-order valence-electron chi connectivity index (χ0n) is 10.3. The van der Waals surface area contributed by atoms with Crippen molar-refractivity contribution in [2.75, 3.05) is 11.5 Å². The van der Waals surface area contributed by atoms with Crippen LogP contribution in [0.3, 0.4) is 0 Å².